The minimum absolute atomic E-state index is 0.115. The fourth-order valence-electron chi connectivity index (χ4n) is 1.81. The smallest absolute Gasteiger partial charge is 0.131 e. The molecule has 3 N–H and O–H groups in total. The molecule has 0 radical (unpaired) electrons. The third-order valence-corrected chi connectivity index (χ3v) is 2.79. The molecule has 1 atom stereocenters. The molecule has 0 amide bonds. The van der Waals surface area contributed by atoms with Crippen LogP contribution in [0.15, 0.2) is 46.8 Å². The van der Waals surface area contributed by atoms with Gasteiger partial charge in [0.2, 0.25) is 0 Å². The molecule has 5 nitrogen and oxygen atoms in total. The van der Waals surface area contributed by atoms with Crippen LogP contribution in [0, 0.1) is 0 Å². The summed E-state index contributed by atoms with van der Waals surface area (Å²) in [5.74, 6) is 1.44. The topological polar surface area (TPSA) is 66.0 Å². The number of nitrogens with zero attached hydrogens (tertiary/aromatic N) is 3. The first kappa shape index (κ1) is 14.0. The molecule has 0 spiro atoms. The van der Waals surface area contributed by atoms with E-state index in [4.69, 9.17) is 5.73 Å². The number of aliphatic imine (C=N–C) groups is 2. The summed E-state index contributed by atoms with van der Waals surface area (Å²) in [5, 5.41) is 3.13. The van der Waals surface area contributed by atoms with Gasteiger partial charge in [0.25, 0.3) is 0 Å². The maximum absolute atomic E-state index is 5.81. The van der Waals surface area contributed by atoms with E-state index in [1.165, 1.54) is 6.20 Å². The van der Waals surface area contributed by atoms with Gasteiger partial charge in [0.05, 0.1) is 18.9 Å². The van der Waals surface area contributed by atoms with Gasteiger partial charge < -0.3 is 16.0 Å². The summed E-state index contributed by atoms with van der Waals surface area (Å²) < 4.78 is 0. The molecule has 0 aromatic heterocycles. The van der Waals surface area contributed by atoms with Crippen molar-refractivity contribution in [1.29, 1.82) is 0 Å². The molecule has 0 saturated heterocycles. The second-order valence-electron chi connectivity index (χ2n) is 3.96. The Kier molecular flexibility index (Phi) is 5.17. The highest BCUT2D eigenvalue weighted by atomic mass is 15.2. The second kappa shape index (κ2) is 6.64. The molecule has 1 unspecified atom stereocenters. The number of rotatable bonds is 6. The normalized spacial score (nSPS) is 19.4. The van der Waals surface area contributed by atoms with Crippen LogP contribution in [0.2, 0.25) is 0 Å². The molecule has 18 heavy (non-hydrogen) atoms. The van der Waals surface area contributed by atoms with Crippen LogP contribution in [0.3, 0.4) is 0 Å². The highest BCUT2D eigenvalue weighted by Crippen LogP contribution is 2.17. The molecule has 5 heteroatoms. The monoisotopic (exact) mass is 247 g/mol. The van der Waals surface area contributed by atoms with Crippen molar-refractivity contribution in [1.82, 2.24) is 10.2 Å². The number of likely N-dealkylation sites (N-methyl/N-ethyl adjacent to an activating group) is 1. The molecule has 0 saturated carbocycles. The quantitative estimate of drug-likeness (QED) is 0.421. The van der Waals surface area contributed by atoms with Crippen molar-refractivity contribution in [2.75, 3.05) is 13.1 Å². The van der Waals surface area contributed by atoms with E-state index < -0.39 is 0 Å². The minimum atomic E-state index is 0.115. The van der Waals surface area contributed by atoms with Gasteiger partial charge in [-0.1, -0.05) is 12.7 Å². The van der Waals surface area contributed by atoms with Crippen molar-refractivity contribution in [2.45, 2.75) is 19.9 Å². The molecule has 98 valence electrons. The Hall–Kier alpha value is -2.04. The minimum Gasteiger partial charge on any atom is -0.386 e. The van der Waals surface area contributed by atoms with Crippen molar-refractivity contribution < 1.29 is 0 Å². The Morgan fingerprint density at radius 1 is 1.67 bits per heavy atom. The Morgan fingerprint density at radius 2 is 2.39 bits per heavy atom. The third kappa shape index (κ3) is 3.23. The first-order chi connectivity index (χ1) is 8.63. The Morgan fingerprint density at radius 3 is 2.94 bits per heavy atom. The zero-order valence-corrected chi connectivity index (χ0v) is 11.1. The maximum atomic E-state index is 5.81. The number of hydrogen-bond donors (Lipinski definition) is 2. The Bertz CT molecular complexity index is 406. The van der Waals surface area contributed by atoms with Gasteiger partial charge >= 0.3 is 0 Å². The van der Waals surface area contributed by atoms with Gasteiger partial charge in [-0.3, -0.25) is 0 Å². The second-order valence-corrected chi connectivity index (χ2v) is 3.96. The van der Waals surface area contributed by atoms with Crippen molar-refractivity contribution in [3.05, 3.63) is 36.8 Å². The van der Waals surface area contributed by atoms with Crippen LogP contribution in [0.25, 0.3) is 0 Å². The molecule has 1 aliphatic rings. The summed E-state index contributed by atoms with van der Waals surface area (Å²) in [6, 6.07) is 0.115. The predicted molar refractivity (Wildman–Crippen MR) is 77.4 cm³/mol. The van der Waals surface area contributed by atoms with Crippen LogP contribution in [0.5, 0.6) is 0 Å². The molecule has 0 bridgehead atoms. The van der Waals surface area contributed by atoms with Gasteiger partial charge in [0.1, 0.15) is 11.7 Å². The SMILES string of the molecule is C=C/N=C(\N)CN(CC)C1=C(C)C(C=C)NC=N1. The van der Waals surface area contributed by atoms with Gasteiger partial charge in [0.15, 0.2) is 0 Å². The van der Waals surface area contributed by atoms with E-state index in [9.17, 15) is 0 Å². The number of hydrogen-bond acceptors (Lipinski definition) is 4. The van der Waals surface area contributed by atoms with E-state index in [0.717, 1.165) is 17.9 Å². The van der Waals surface area contributed by atoms with E-state index in [2.05, 4.69) is 40.3 Å². The highest BCUT2D eigenvalue weighted by molar-refractivity contribution is 5.83. The first-order valence-electron chi connectivity index (χ1n) is 5.93. The lowest BCUT2D eigenvalue weighted by Gasteiger charge is -2.29. The zero-order valence-electron chi connectivity index (χ0n) is 11.1. The van der Waals surface area contributed by atoms with E-state index in [-0.39, 0.29) is 6.04 Å². The molecule has 1 rings (SSSR count). The predicted octanol–water partition coefficient (Wildman–Crippen LogP) is 1.23. The lowest BCUT2D eigenvalue weighted by molar-refractivity contribution is 0.396. The van der Waals surface area contributed by atoms with Crippen molar-refractivity contribution in [3.8, 4) is 0 Å². The number of nitrogens with two attached hydrogens (primary N) is 1. The van der Waals surface area contributed by atoms with Gasteiger partial charge in [-0.25, -0.2) is 9.98 Å². The maximum Gasteiger partial charge on any atom is 0.131 e. The highest BCUT2D eigenvalue weighted by Gasteiger charge is 2.18. The summed E-state index contributed by atoms with van der Waals surface area (Å²) in [5.41, 5.74) is 6.93. The standard InChI is InChI=1S/C13H21N5/c1-5-11-10(4)13(17-9-16-11)18(7-3)8-12(14)15-6-2/h5-6,9,11H,1-2,7-8H2,3-4H3,(H2,14,15)(H,16,17). The van der Waals surface area contributed by atoms with Crippen LogP contribution in [-0.4, -0.2) is 36.2 Å². The molecule has 0 aromatic rings. The molecule has 0 aliphatic carbocycles. The lowest BCUT2D eigenvalue weighted by Crippen LogP contribution is -2.38. The molecule has 1 aliphatic heterocycles. The average molecular weight is 247 g/mol. The average Bonchev–Trinajstić information content (AvgIpc) is 2.37. The van der Waals surface area contributed by atoms with E-state index in [1.54, 1.807) is 6.34 Å². The summed E-state index contributed by atoms with van der Waals surface area (Å²) in [6.45, 7) is 12.8. The summed E-state index contributed by atoms with van der Waals surface area (Å²) in [7, 11) is 0. The third-order valence-electron chi connectivity index (χ3n) is 2.79. The summed E-state index contributed by atoms with van der Waals surface area (Å²) in [4.78, 5) is 10.4. The van der Waals surface area contributed by atoms with E-state index >= 15 is 0 Å². The van der Waals surface area contributed by atoms with Crippen LogP contribution in [0.1, 0.15) is 13.8 Å². The van der Waals surface area contributed by atoms with Crippen LogP contribution in [-0.2, 0) is 0 Å². The molecule has 0 aromatic carbocycles. The van der Waals surface area contributed by atoms with Crippen molar-refractivity contribution in [3.63, 3.8) is 0 Å². The molecule has 1 heterocycles. The van der Waals surface area contributed by atoms with Crippen LogP contribution in [0.4, 0.5) is 0 Å². The summed E-state index contributed by atoms with van der Waals surface area (Å²) >= 11 is 0. The van der Waals surface area contributed by atoms with E-state index in [0.29, 0.717) is 12.4 Å². The number of amidine groups is 1. The Balaban J connectivity index is 2.93. The molecular formula is C13H21N5. The van der Waals surface area contributed by atoms with Gasteiger partial charge in [0, 0.05) is 12.7 Å². The van der Waals surface area contributed by atoms with Crippen LogP contribution >= 0.6 is 0 Å². The van der Waals surface area contributed by atoms with Crippen LogP contribution < -0.4 is 11.1 Å². The summed E-state index contributed by atoms with van der Waals surface area (Å²) in [6.07, 6.45) is 5.00. The fraction of sp³-hybridized carbons (Fsp3) is 0.385. The molecule has 0 fully saturated rings. The lowest BCUT2D eigenvalue weighted by atomic mass is 10.1. The van der Waals surface area contributed by atoms with Gasteiger partial charge in [-0.2, -0.15) is 0 Å². The fourth-order valence-corrected chi connectivity index (χ4v) is 1.81. The van der Waals surface area contributed by atoms with Gasteiger partial charge in [-0.15, -0.1) is 6.58 Å². The van der Waals surface area contributed by atoms with Crippen molar-refractivity contribution in [2.24, 2.45) is 15.7 Å². The first-order valence-corrected chi connectivity index (χ1v) is 5.93. The Labute approximate surface area is 108 Å². The molecular weight excluding hydrogens is 226 g/mol. The van der Waals surface area contributed by atoms with E-state index in [1.807, 2.05) is 13.0 Å². The van der Waals surface area contributed by atoms with Crippen molar-refractivity contribution >= 4 is 12.2 Å². The van der Waals surface area contributed by atoms with Gasteiger partial charge in [-0.05, 0) is 19.4 Å². The number of nitrogens with one attached hydrogen (secondary N) is 1. The zero-order chi connectivity index (χ0) is 13.5. The largest absolute Gasteiger partial charge is 0.386 e.